The topological polar surface area (TPSA) is 45.7 Å². The molecule has 1 aliphatic rings. The Balaban J connectivity index is 1.37. The molecule has 4 rings (SSSR count). The zero-order chi connectivity index (χ0) is 24.2. The van der Waals surface area contributed by atoms with Crippen molar-refractivity contribution >= 4 is 34.4 Å². The number of hydrogen-bond acceptors (Lipinski definition) is 6. The van der Waals surface area contributed by atoms with Gasteiger partial charge < -0.3 is 14.4 Å². The maximum atomic E-state index is 14.2. The third-order valence-corrected chi connectivity index (χ3v) is 7.38. The van der Waals surface area contributed by atoms with Crippen LogP contribution in [0.3, 0.4) is 0 Å². The molecule has 0 radical (unpaired) electrons. The molecule has 1 saturated heterocycles. The van der Waals surface area contributed by atoms with Crippen LogP contribution in [0.15, 0.2) is 42.6 Å². The molecule has 9 heteroatoms. The van der Waals surface area contributed by atoms with Gasteiger partial charge in [0.05, 0.1) is 9.90 Å². The van der Waals surface area contributed by atoms with E-state index < -0.39 is 11.6 Å². The molecular formula is C25H26ClF2N3O2S. The van der Waals surface area contributed by atoms with E-state index in [1.165, 1.54) is 17.4 Å². The van der Waals surface area contributed by atoms with Gasteiger partial charge in [-0.1, -0.05) is 29.0 Å². The monoisotopic (exact) mass is 505 g/mol. The lowest BCUT2D eigenvalue weighted by Gasteiger charge is -2.44. The Kier molecular flexibility index (Phi) is 7.80. The molecule has 0 aliphatic carbocycles. The third-order valence-electron chi connectivity index (χ3n) is 5.98. The van der Waals surface area contributed by atoms with Gasteiger partial charge in [-0.05, 0) is 49.7 Å². The lowest BCUT2D eigenvalue weighted by Crippen LogP contribution is -2.57. The zero-order valence-electron chi connectivity index (χ0n) is 19.0. The Bertz CT molecular complexity index is 1150. The maximum Gasteiger partial charge on any atom is 0.185 e. The van der Waals surface area contributed by atoms with Crippen molar-refractivity contribution in [1.29, 1.82) is 0 Å². The number of benzene rings is 2. The van der Waals surface area contributed by atoms with E-state index >= 15 is 0 Å². The average Bonchev–Trinajstić information content (AvgIpc) is 3.29. The van der Waals surface area contributed by atoms with Crippen LogP contribution in [0.2, 0.25) is 5.02 Å². The van der Waals surface area contributed by atoms with Crippen molar-refractivity contribution in [1.82, 2.24) is 9.88 Å². The van der Waals surface area contributed by atoms with Crippen molar-refractivity contribution in [2.75, 3.05) is 31.1 Å². The molecule has 0 unspecified atom stereocenters. The van der Waals surface area contributed by atoms with E-state index in [1.54, 1.807) is 12.3 Å². The lowest BCUT2D eigenvalue weighted by molar-refractivity contribution is -0.107. The van der Waals surface area contributed by atoms with E-state index in [4.69, 9.17) is 16.3 Å². The average molecular weight is 506 g/mol. The Morgan fingerprint density at radius 3 is 2.68 bits per heavy atom. The zero-order valence-corrected chi connectivity index (χ0v) is 20.6. The van der Waals surface area contributed by atoms with Gasteiger partial charge in [0, 0.05) is 49.9 Å². The normalized spacial score (nSPS) is 18.8. The Morgan fingerprint density at radius 1 is 1.18 bits per heavy atom. The molecule has 34 heavy (non-hydrogen) atoms. The van der Waals surface area contributed by atoms with E-state index in [9.17, 15) is 13.6 Å². The van der Waals surface area contributed by atoms with Crippen LogP contribution in [-0.4, -0.2) is 54.5 Å². The highest BCUT2D eigenvalue weighted by molar-refractivity contribution is 7.18. The van der Waals surface area contributed by atoms with Crippen molar-refractivity contribution in [2.24, 2.45) is 0 Å². The fraction of sp³-hybridized carbons (Fsp3) is 0.360. The highest BCUT2D eigenvalue weighted by atomic mass is 35.5. The van der Waals surface area contributed by atoms with E-state index in [2.05, 4.69) is 28.6 Å². The smallest absolute Gasteiger partial charge is 0.185 e. The molecule has 2 aromatic carbocycles. The number of nitrogens with zero attached hydrogens (tertiary/aromatic N) is 3. The van der Waals surface area contributed by atoms with Crippen molar-refractivity contribution in [3.05, 3.63) is 64.8 Å². The van der Waals surface area contributed by atoms with Crippen LogP contribution in [0.5, 0.6) is 5.75 Å². The van der Waals surface area contributed by atoms with Gasteiger partial charge in [0.1, 0.15) is 30.3 Å². The maximum absolute atomic E-state index is 14.2. The lowest BCUT2D eigenvalue weighted by atomic mass is 10.1. The van der Waals surface area contributed by atoms with Crippen molar-refractivity contribution in [2.45, 2.75) is 32.4 Å². The second-order valence-electron chi connectivity index (χ2n) is 8.46. The van der Waals surface area contributed by atoms with Crippen molar-refractivity contribution < 1.29 is 18.3 Å². The van der Waals surface area contributed by atoms with Crippen LogP contribution >= 0.6 is 22.9 Å². The number of hydrogen-bond donors (Lipinski definition) is 0. The summed E-state index contributed by atoms with van der Waals surface area (Å²) >= 11 is 7.61. The van der Waals surface area contributed by atoms with Gasteiger partial charge in [0.2, 0.25) is 0 Å². The molecule has 2 heterocycles. The number of ether oxygens (including phenoxy) is 1. The molecular weight excluding hydrogens is 480 g/mol. The Hall–Kier alpha value is -2.55. The van der Waals surface area contributed by atoms with Gasteiger partial charge in [-0.3, -0.25) is 4.90 Å². The molecule has 1 fully saturated rings. The van der Waals surface area contributed by atoms with Gasteiger partial charge in [0.25, 0.3) is 0 Å². The van der Waals surface area contributed by atoms with Gasteiger partial charge in [-0.2, -0.15) is 0 Å². The first kappa shape index (κ1) is 24.6. The molecule has 1 aromatic heterocycles. The van der Waals surface area contributed by atoms with E-state index in [0.29, 0.717) is 28.7 Å². The SMILES string of the molecule is C[C@@H]1CN(c2ncc(-c3cc(F)ccc3F)s2)C[C@H](C)N1CCOc1cc(CC=O)ccc1Cl. The number of thiazole rings is 1. The highest BCUT2D eigenvalue weighted by Crippen LogP contribution is 2.34. The number of anilines is 1. The quantitative estimate of drug-likeness (QED) is 0.380. The van der Waals surface area contributed by atoms with Crippen molar-refractivity contribution in [3.8, 4) is 16.2 Å². The van der Waals surface area contributed by atoms with E-state index in [-0.39, 0.29) is 17.6 Å². The van der Waals surface area contributed by atoms with Gasteiger partial charge >= 0.3 is 0 Å². The Labute approximate surface area is 206 Å². The highest BCUT2D eigenvalue weighted by Gasteiger charge is 2.30. The minimum Gasteiger partial charge on any atom is -0.491 e. The van der Waals surface area contributed by atoms with Crippen molar-refractivity contribution in [3.63, 3.8) is 0 Å². The van der Waals surface area contributed by atoms with Crippen LogP contribution in [-0.2, 0) is 11.2 Å². The predicted molar refractivity (Wildman–Crippen MR) is 132 cm³/mol. The molecule has 0 saturated carbocycles. The number of halogens is 3. The number of carbonyl (C=O) groups is 1. The molecule has 2 atom stereocenters. The summed E-state index contributed by atoms with van der Waals surface area (Å²) in [5.74, 6) is -0.346. The predicted octanol–water partition coefficient (Wildman–Crippen LogP) is 5.46. The molecule has 0 bridgehead atoms. The fourth-order valence-corrected chi connectivity index (χ4v) is 5.44. The number of aromatic nitrogens is 1. The molecule has 3 aromatic rings. The van der Waals surface area contributed by atoms with Crippen LogP contribution in [0.4, 0.5) is 13.9 Å². The van der Waals surface area contributed by atoms with Gasteiger partial charge in [0.15, 0.2) is 5.13 Å². The molecule has 0 N–H and O–H groups in total. The fourth-order valence-electron chi connectivity index (χ4n) is 4.32. The van der Waals surface area contributed by atoms with E-state index in [1.807, 2.05) is 12.1 Å². The van der Waals surface area contributed by atoms with E-state index in [0.717, 1.165) is 48.7 Å². The standard InChI is InChI=1S/C25H26ClF2N3O2S/c1-16-14-30(25-29-13-24(34-25)20-12-19(27)4-6-22(20)28)15-17(2)31(16)8-10-33-23-11-18(7-9-32)3-5-21(23)26/h3-6,9,11-13,16-17H,7-8,10,14-15H2,1-2H3/t16-,17+. The first-order chi connectivity index (χ1) is 16.4. The first-order valence-electron chi connectivity index (χ1n) is 11.1. The molecule has 0 spiro atoms. The number of rotatable bonds is 8. The summed E-state index contributed by atoms with van der Waals surface area (Å²) in [5, 5.41) is 1.32. The van der Waals surface area contributed by atoms with Crippen LogP contribution in [0, 0.1) is 11.6 Å². The second kappa shape index (κ2) is 10.8. The van der Waals surface area contributed by atoms with Crippen LogP contribution in [0.1, 0.15) is 19.4 Å². The van der Waals surface area contributed by atoms with Crippen LogP contribution < -0.4 is 9.64 Å². The summed E-state index contributed by atoms with van der Waals surface area (Å²) in [7, 11) is 0. The first-order valence-corrected chi connectivity index (χ1v) is 12.3. The summed E-state index contributed by atoms with van der Waals surface area (Å²) in [5.41, 5.74) is 1.10. The van der Waals surface area contributed by atoms with Gasteiger partial charge in [-0.15, -0.1) is 0 Å². The summed E-state index contributed by atoms with van der Waals surface area (Å²) < 4.78 is 33.7. The minimum atomic E-state index is -0.471. The number of piperazine rings is 1. The van der Waals surface area contributed by atoms with Crippen LogP contribution in [0.25, 0.3) is 10.4 Å². The van der Waals surface area contributed by atoms with Gasteiger partial charge in [-0.25, -0.2) is 13.8 Å². The summed E-state index contributed by atoms with van der Waals surface area (Å²) in [6.45, 7) is 7.03. The molecule has 1 aliphatic heterocycles. The molecule has 5 nitrogen and oxygen atoms in total. The Morgan fingerprint density at radius 2 is 1.94 bits per heavy atom. The third kappa shape index (κ3) is 5.56. The minimum absolute atomic E-state index is 0.233. The second-order valence-corrected chi connectivity index (χ2v) is 9.87. The largest absolute Gasteiger partial charge is 0.491 e. The summed E-state index contributed by atoms with van der Waals surface area (Å²) in [4.78, 5) is 20.4. The number of aldehydes is 1. The summed E-state index contributed by atoms with van der Waals surface area (Å²) in [6.07, 6.45) is 2.79. The molecule has 180 valence electrons. The number of carbonyl (C=O) groups excluding carboxylic acids is 1. The molecule has 0 amide bonds. The summed E-state index contributed by atoms with van der Waals surface area (Å²) in [6, 6.07) is 9.31.